The van der Waals surface area contributed by atoms with Crippen LogP contribution in [0.25, 0.3) is 0 Å². The molecule has 8 heteroatoms. The largest absolute Gasteiger partial charge is 0.379 e. The van der Waals surface area contributed by atoms with Crippen LogP contribution in [0.5, 0.6) is 0 Å². The molecule has 1 aromatic rings. The van der Waals surface area contributed by atoms with Crippen LogP contribution in [-0.4, -0.2) is 16.4 Å². The molecule has 1 rings (SSSR count). The van der Waals surface area contributed by atoms with Gasteiger partial charge in [-0.2, -0.15) is 0 Å². The fraction of sp³-hybridized carbons (Fsp3) is 0.793. The highest BCUT2D eigenvalue weighted by atomic mass is 16.6. The van der Waals surface area contributed by atoms with Gasteiger partial charge in [0.25, 0.3) is 11.4 Å². The lowest BCUT2D eigenvalue weighted by atomic mass is 10.0. The van der Waals surface area contributed by atoms with Gasteiger partial charge in [-0.1, -0.05) is 129 Å². The Morgan fingerprint density at radius 3 is 1.35 bits per heavy atom. The summed E-state index contributed by atoms with van der Waals surface area (Å²) in [4.78, 5) is 21.2. The molecule has 0 unspecified atom stereocenters. The topological polar surface area (TPSA) is 124 Å². The average Bonchev–Trinajstić information content (AvgIpc) is 2.88. The van der Waals surface area contributed by atoms with Gasteiger partial charge in [0.2, 0.25) is 0 Å². The van der Waals surface area contributed by atoms with Crippen LogP contribution in [0.3, 0.4) is 0 Å². The Hall–Kier alpha value is -2.22. The molecular formula is C29H52N4O4. The van der Waals surface area contributed by atoms with Crippen molar-refractivity contribution in [3.05, 3.63) is 37.9 Å². The van der Waals surface area contributed by atoms with E-state index >= 15 is 0 Å². The average molecular weight is 521 g/mol. The van der Waals surface area contributed by atoms with Crippen molar-refractivity contribution in [2.45, 2.75) is 142 Å². The molecule has 0 radical (unpaired) electrons. The summed E-state index contributed by atoms with van der Waals surface area (Å²) in [6, 6.07) is 2.44. The number of nitrogens with two attached hydrogens (primary N) is 1. The number of anilines is 1. The van der Waals surface area contributed by atoms with Crippen molar-refractivity contribution in [2.75, 3.05) is 11.9 Å². The SMILES string of the molecule is CCCCCCCCCCCCCCCCCCCCCCNc1cc(CN)c([N+](=O)[O-])cc1[N+](=O)[O-]. The molecule has 0 bridgehead atoms. The van der Waals surface area contributed by atoms with Gasteiger partial charge >= 0.3 is 0 Å². The molecule has 0 saturated heterocycles. The highest BCUT2D eigenvalue weighted by Gasteiger charge is 2.23. The number of nitrogens with one attached hydrogen (secondary N) is 1. The summed E-state index contributed by atoms with van der Waals surface area (Å²) in [7, 11) is 0. The van der Waals surface area contributed by atoms with E-state index in [4.69, 9.17) is 5.73 Å². The Morgan fingerprint density at radius 2 is 1.00 bits per heavy atom. The fourth-order valence-corrected chi connectivity index (χ4v) is 4.85. The van der Waals surface area contributed by atoms with Crippen molar-refractivity contribution in [2.24, 2.45) is 5.73 Å². The summed E-state index contributed by atoms with van der Waals surface area (Å²) in [6.07, 6.45) is 26.5. The molecule has 212 valence electrons. The Balaban J connectivity index is 1.98. The zero-order chi connectivity index (χ0) is 27.1. The molecule has 0 spiro atoms. The van der Waals surface area contributed by atoms with E-state index in [2.05, 4.69) is 12.2 Å². The number of nitrogens with zero attached hydrogens (tertiary/aromatic N) is 2. The molecule has 37 heavy (non-hydrogen) atoms. The Morgan fingerprint density at radius 1 is 0.622 bits per heavy atom. The maximum atomic E-state index is 11.3. The first-order chi connectivity index (χ1) is 18.0. The molecule has 8 nitrogen and oxygen atoms in total. The first-order valence-corrected chi connectivity index (χ1v) is 14.9. The smallest absolute Gasteiger partial charge is 0.299 e. The van der Waals surface area contributed by atoms with Crippen LogP contribution in [0.1, 0.15) is 141 Å². The molecule has 1 aromatic carbocycles. The Bertz CT molecular complexity index is 758. The second-order valence-electron chi connectivity index (χ2n) is 10.4. The second-order valence-corrected chi connectivity index (χ2v) is 10.4. The van der Waals surface area contributed by atoms with Gasteiger partial charge in [0.05, 0.1) is 15.9 Å². The van der Waals surface area contributed by atoms with Crippen LogP contribution in [0.15, 0.2) is 12.1 Å². The lowest BCUT2D eigenvalue weighted by Gasteiger charge is -2.09. The van der Waals surface area contributed by atoms with Gasteiger partial charge in [-0.25, -0.2) is 0 Å². The highest BCUT2D eigenvalue weighted by Crippen LogP contribution is 2.32. The van der Waals surface area contributed by atoms with Crippen LogP contribution in [0.4, 0.5) is 17.1 Å². The van der Waals surface area contributed by atoms with Crippen molar-refractivity contribution < 1.29 is 9.85 Å². The standard InChI is InChI=1S/C29H52N4O4/c1-2-3-4-5-6-7-8-9-10-11-12-13-14-15-16-17-18-19-20-21-22-31-27-23-26(25-30)28(32(34)35)24-29(27)33(36)37/h23-24,31H,2-22,25,30H2,1H3. The van der Waals surface area contributed by atoms with Gasteiger partial charge in [-0.3, -0.25) is 20.2 Å². The molecule has 3 N–H and O–H groups in total. The number of hydrogen-bond acceptors (Lipinski definition) is 6. The van der Waals surface area contributed by atoms with Crippen LogP contribution in [0, 0.1) is 20.2 Å². The van der Waals surface area contributed by atoms with Crippen LogP contribution in [-0.2, 0) is 6.54 Å². The van der Waals surface area contributed by atoms with Gasteiger partial charge in [0.1, 0.15) is 5.69 Å². The minimum Gasteiger partial charge on any atom is -0.379 e. The summed E-state index contributed by atoms with van der Waals surface area (Å²) in [5, 5.41) is 25.5. The van der Waals surface area contributed by atoms with Gasteiger partial charge in [0.15, 0.2) is 0 Å². The number of rotatable bonds is 25. The molecule has 0 aliphatic heterocycles. The third-order valence-electron chi connectivity index (χ3n) is 7.16. The van der Waals surface area contributed by atoms with E-state index in [9.17, 15) is 20.2 Å². The molecule has 0 atom stereocenters. The number of unbranched alkanes of at least 4 members (excludes halogenated alkanes) is 19. The third kappa shape index (κ3) is 15.6. The van der Waals surface area contributed by atoms with Crippen molar-refractivity contribution in [3.63, 3.8) is 0 Å². The summed E-state index contributed by atoms with van der Waals surface area (Å²) in [5.41, 5.74) is 5.60. The predicted octanol–water partition coefficient (Wildman–Crippen LogP) is 9.20. The second kappa shape index (κ2) is 21.8. The number of nitro groups is 2. The first kappa shape index (κ1) is 32.8. The molecule has 0 heterocycles. The van der Waals surface area contributed by atoms with E-state index in [1.54, 1.807) is 0 Å². The Labute approximate surface area is 224 Å². The van der Waals surface area contributed by atoms with E-state index in [0.29, 0.717) is 17.8 Å². The zero-order valence-corrected chi connectivity index (χ0v) is 23.3. The van der Waals surface area contributed by atoms with E-state index < -0.39 is 9.85 Å². The van der Waals surface area contributed by atoms with Gasteiger partial charge in [-0.15, -0.1) is 0 Å². The maximum Gasteiger partial charge on any atom is 0.299 e. The van der Waals surface area contributed by atoms with E-state index in [0.717, 1.165) is 25.3 Å². The molecule has 0 fully saturated rings. The van der Waals surface area contributed by atoms with Crippen LogP contribution >= 0.6 is 0 Å². The van der Waals surface area contributed by atoms with Crippen molar-refractivity contribution in [1.82, 2.24) is 0 Å². The zero-order valence-electron chi connectivity index (χ0n) is 23.3. The first-order valence-electron chi connectivity index (χ1n) is 14.9. The minimum atomic E-state index is -0.627. The fourth-order valence-electron chi connectivity index (χ4n) is 4.85. The van der Waals surface area contributed by atoms with Crippen LogP contribution in [0.2, 0.25) is 0 Å². The molecule has 0 aliphatic rings. The van der Waals surface area contributed by atoms with Gasteiger partial charge < -0.3 is 11.1 Å². The van der Waals surface area contributed by atoms with Gasteiger partial charge in [0, 0.05) is 18.7 Å². The van der Waals surface area contributed by atoms with Crippen molar-refractivity contribution in [3.8, 4) is 0 Å². The van der Waals surface area contributed by atoms with E-state index in [1.807, 2.05) is 0 Å². The number of benzene rings is 1. The normalized spacial score (nSPS) is 11.1. The molecular weight excluding hydrogens is 468 g/mol. The molecule has 0 aromatic heterocycles. The lowest BCUT2D eigenvalue weighted by Crippen LogP contribution is -2.08. The van der Waals surface area contributed by atoms with Crippen molar-refractivity contribution in [1.29, 1.82) is 0 Å². The third-order valence-corrected chi connectivity index (χ3v) is 7.16. The summed E-state index contributed by atoms with van der Waals surface area (Å²) in [5.74, 6) is 0. The summed E-state index contributed by atoms with van der Waals surface area (Å²) >= 11 is 0. The van der Waals surface area contributed by atoms with Crippen molar-refractivity contribution >= 4 is 17.1 Å². The molecule has 0 aliphatic carbocycles. The van der Waals surface area contributed by atoms with Crippen LogP contribution < -0.4 is 11.1 Å². The minimum absolute atomic E-state index is 0.0394. The highest BCUT2D eigenvalue weighted by molar-refractivity contribution is 5.68. The monoisotopic (exact) mass is 520 g/mol. The van der Waals surface area contributed by atoms with Gasteiger partial charge in [-0.05, 0) is 12.5 Å². The van der Waals surface area contributed by atoms with E-state index in [-0.39, 0.29) is 17.9 Å². The number of hydrogen-bond donors (Lipinski definition) is 2. The lowest BCUT2D eigenvalue weighted by molar-refractivity contribution is -0.394. The van der Waals surface area contributed by atoms with E-state index in [1.165, 1.54) is 115 Å². The molecule has 0 saturated carbocycles. The quantitative estimate of drug-likeness (QED) is 0.0752. The molecule has 0 amide bonds. The summed E-state index contributed by atoms with van der Waals surface area (Å²) in [6.45, 7) is 2.83. The summed E-state index contributed by atoms with van der Waals surface area (Å²) < 4.78 is 0. The predicted molar refractivity (Wildman–Crippen MR) is 154 cm³/mol. The maximum absolute atomic E-state index is 11.3. The number of nitro benzene ring substituents is 2. The Kier molecular flexibility index (Phi) is 19.4.